The summed E-state index contributed by atoms with van der Waals surface area (Å²) in [4.78, 5) is 16.8. The minimum absolute atomic E-state index is 0.209. The summed E-state index contributed by atoms with van der Waals surface area (Å²) in [5, 5.41) is 4.33. The molecule has 0 spiro atoms. The van der Waals surface area contributed by atoms with Crippen molar-refractivity contribution in [2.45, 2.75) is 6.10 Å². The second kappa shape index (κ2) is 6.66. The molecule has 4 aromatic rings. The molecule has 126 valence electrons. The SMILES string of the molecule is CO[C@H](CNC(=O)c1nc2ccccc2s1)c1cc2ccccc2o1. The van der Waals surface area contributed by atoms with Gasteiger partial charge in [0.2, 0.25) is 0 Å². The molecule has 0 fully saturated rings. The predicted molar refractivity (Wildman–Crippen MR) is 97.9 cm³/mol. The molecule has 1 N–H and O–H groups in total. The minimum Gasteiger partial charge on any atom is -0.458 e. The quantitative estimate of drug-likeness (QED) is 0.586. The van der Waals surface area contributed by atoms with Crippen LogP contribution in [0, 0.1) is 0 Å². The number of aromatic nitrogens is 1. The molecule has 2 aromatic carbocycles. The Kier molecular flexibility index (Phi) is 4.21. The molecule has 6 heteroatoms. The average Bonchev–Trinajstić information content (AvgIpc) is 3.26. The van der Waals surface area contributed by atoms with Gasteiger partial charge in [0.1, 0.15) is 17.4 Å². The van der Waals surface area contributed by atoms with E-state index in [1.807, 2.05) is 54.6 Å². The molecule has 0 saturated heterocycles. The summed E-state index contributed by atoms with van der Waals surface area (Å²) in [5.41, 5.74) is 1.63. The Hall–Kier alpha value is -2.70. The van der Waals surface area contributed by atoms with Gasteiger partial charge in [0.05, 0.1) is 16.8 Å². The fraction of sp³-hybridized carbons (Fsp3) is 0.158. The molecule has 25 heavy (non-hydrogen) atoms. The van der Waals surface area contributed by atoms with E-state index in [2.05, 4.69) is 10.3 Å². The highest BCUT2D eigenvalue weighted by Crippen LogP contribution is 2.26. The average molecular weight is 352 g/mol. The first-order chi connectivity index (χ1) is 12.2. The Bertz CT molecular complexity index is 971. The fourth-order valence-electron chi connectivity index (χ4n) is 2.69. The van der Waals surface area contributed by atoms with Crippen molar-refractivity contribution in [2.75, 3.05) is 13.7 Å². The molecule has 2 aromatic heterocycles. The fourth-order valence-corrected chi connectivity index (χ4v) is 3.57. The summed E-state index contributed by atoms with van der Waals surface area (Å²) in [7, 11) is 1.60. The molecule has 0 aliphatic carbocycles. The van der Waals surface area contributed by atoms with E-state index in [9.17, 15) is 4.79 Å². The number of fused-ring (bicyclic) bond motifs is 2. The predicted octanol–water partition coefficient (Wildman–Crippen LogP) is 4.16. The number of carbonyl (C=O) groups excluding carboxylic acids is 1. The third kappa shape index (κ3) is 3.14. The van der Waals surface area contributed by atoms with Gasteiger partial charge in [-0.2, -0.15) is 0 Å². The molecular weight excluding hydrogens is 336 g/mol. The molecule has 2 heterocycles. The number of rotatable bonds is 5. The third-order valence-electron chi connectivity index (χ3n) is 3.98. The lowest BCUT2D eigenvalue weighted by Crippen LogP contribution is -2.28. The highest BCUT2D eigenvalue weighted by Gasteiger charge is 2.19. The van der Waals surface area contributed by atoms with Crippen LogP contribution in [0.25, 0.3) is 21.2 Å². The van der Waals surface area contributed by atoms with E-state index in [0.717, 1.165) is 21.2 Å². The van der Waals surface area contributed by atoms with Gasteiger partial charge in [-0.3, -0.25) is 4.79 Å². The van der Waals surface area contributed by atoms with Crippen molar-refractivity contribution >= 4 is 38.4 Å². The molecule has 0 bridgehead atoms. The van der Waals surface area contributed by atoms with Crippen molar-refractivity contribution in [1.82, 2.24) is 10.3 Å². The van der Waals surface area contributed by atoms with Gasteiger partial charge in [0.15, 0.2) is 5.01 Å². The zero-order valence-electron chi connectivity index (χ0n) is 13.6. The van der Waals surface area contributed by atoms with Gasteiger partial charge in [-0.05, 0) is 24.3 Å². The molecule has 1 amide bonds. The number of nitrogens with one attached hydrogen (secondary N) is 1. The van der Waals surface area contributed by atoms with Crippen LogP contribution in [0.4, 0.5) is 0 Å². The number of carbonyl (C=O) groups is 1. The summed E-state index contributed by atoms with van der Waals surface area (Å²) < 4.78 is 12.3. The maximum Gasteiger partial charge on any atom is 0.280 e. The molecule has 5 nitrogen and oxygen atoms in total. The van der Waals surface area contributed by atoms with Crippen molar-refractivity contribution in [2.24, 2.45) is 0 Å². The molecule has 1 atom stereocenters. The Morgan fingerprint density at radius 2 is 2.04 bits per heavy atom. The van der Waals surface area contributed by atoms with E-state index in [0.29, 0.717) is 17.3 Å². The van der Waals surface area contributed by atoms with Crippen LogP contribution in [0.2, 0.25) is 0 Å². The minimum atomic E-state index is -0.356. The number of methoxy groups -OCH3 is 1. The van der Waals surface area contributed by atoms with Gasteiger partial charge in [-0.25, -0.2) is 4.98 Å². The topological polar surface area (TPSA) is 64.4 Å². The number of thiazole rings is 1. The van der Waals surface area contributed by atoms with Gasteiger partial charge < -0.3 is 14.5 Å². The van der Waals surface area contributed by atoms with Crippen molar-refractivity contribution in [1.29, 1.82) is 0 Å². The molecule has 0 radical (unpaired) electrons. The number of nitrogens with zero attached hydrogens (tertiary/aromatic N) is 1. The number of ether oxygens (including phenoxy) is 1. The van der Waals surface area contributed by atoms with Crippen LogP contribution < -0.4 is 5.32 Å². The first kappa shape index (κ1) is 15.8. The second-order valence-corrected chi connectivity index (χ2v) is 6.64. The van der Waals surface area contributed by atoms with Crippen molar-refractivity contribution in [3.63, 3.8) is 0 Å². The van der Waals surface area contributed by atoms with Crippen LogP contribution in [0.3, 0.4) is 0 Å². The standard InChI is InChI=1S/C19H16N2O3S/c1-23-16(15-10-12-6-2-4-8-14(12)24-15)11-20-18(22)19-21-13-7-3-5-9-17(13)25-19/h2-10,16H,11H2,1H3,(H,20,22)/t16-/m1/s1. The Morgan fingerprint density at radius 1 is 1.24 bits per heavy atom. The van der Waals surface area contributed by atoms with Crippen LogP contribution in [0.15, 0.2) is 59.0 Å². The van der Waals surface area contributed by atoms with Crippen molar-refractivity contribution in [3.05, 3.63) is 65.4 Å². The first-order valence-electron chi connectivity index (χ1n) is 7.89. The zero-order valence-corrected chi connectivity index (χ0v) is 14.4. The van der Waals surface area contributed by atoms with Gasteiger partial charge in [-0.1, -0.05) is 30.3 Å². The molecule has 0 aliphatic rings. The summed E-state index contributed by atoms with van der Waals surface area (Å²) >= 11 is 1.38. The number of benzene rings is 2. The summed E-state index contributed by atoms with van der Waals surface area (Å²) in [6.45, 7) is 0.311. The molecule has 0 saturated carbocycles. The lowest BCUT2D eigenvalue weighted by Gasteiger charge is -2.13. The molecule has 4 rings (SSSR count). The van der Waals surface area contributed by atoms with Crippen LogP contribution in [-0.2, 0) is 4.74 Å². The number of furan rings is 1. The molecule has 0 unspecified atom stereocenters. The lowest BCUT2D eigenvalue weighted by atomic mass is 10.2. The van der Waals surface area contributed by atoms with Crippen molar-refractivity contribution < 1.29 is 13.9 Å². The summed E-state index contributed by atoms with van der Waals surface area (Å²) in [6, 6.07) is 17.4. The van der Waals surface area contributed by atoms with Crippen LogP contribution in [0.1, 0.15) is 21.7 Å². The van der Waals surface area contributed by atoms with Gasteiger partial charge >= 0.3 is 0 Å². The maximum absolute atomic E-state index is 12.4. The van der Waals surface area contributed by atoms with Gasteiger partial charge in [0.25, 0.3) is 5.91 Å². The van der Waals surface area contributed by atoms with E-state index in [1.165, 1.54) is 11.3 Å². The van der Waals surface area contributed by atoms with E-state index < -0.39 is 0 Å². The van der Waals surface area contributed by atoms with Gasteiger partial charge in [0, 0.05) is 12.5 Å². The highest BCUT2D eigenvalue weighted by molar-refractivity contribution is 7.20. The smallest absolute Gasteiger partial charge is 0.280 e. The zero-order chi connectivity index (χ0) is 17.2. The van der Waals surface area contributed by atoms with Crippen LogP contribution >= 0.6 is 11.3 Å². The number of hydrogen-bond donors (Lipinski definition) is 1. The van der Waals surface area contributed by atoms with E-state index in [1.54, 1.807) is 7.11 Å². The van der Waals surface area contributed by atoms with Crippen molar-refractivity contribution in [3.8, 4) is 0 Å². The number of hydrogen-bond acceptors (Lipinski definition) is 5. The Labute approximate surface area is 148 Å². The lowest BCUT2D eigenvalue weighted by molar-refractivity contribution is 0.0747. The first-order valence-corrected chi connectivity index (χ1v) is 8.71. The summed E-state index contributed by atoms with van der Waals surface area (Å²) in [6.07, 6.45) is -0.356. The number of para-hydroxylation sites is 2. The summed E-state index contributed by atoms with van der Waals surface area (Å²) in [5.74, 6) is 0.479. The molecule has 0 aliphatic heterocycles. The van der Waals surface area contributed by atoms with E-state index >= 15 is 0 Å². The second-order valence-electron chi connectivity index (χ2n) is 5.61. The Balaban J connectivity index is 1.49. The highest BCUT2D eigenvalue weighted by atomic mass is 32.1. The Morgan fingerprint density at radius 3 is 2.84 bits per heavy atom. The van der Waals surface area contributed by atoms with E-state index in [4.69, 9.17) is 9.15 Å². The largest absolute Gasteiger partial charge is 0.458 e. The van der Waals surface area contributed by atoms with E-state index in [-0.39, 0.29) is 12.0 Å². The normalized spacial score (nSPS) is 12.5. The monoisotopic (exact) mass is 352 g/mol. The third-order valence-corrected chi connectivity index (χ3v) is 5.02. The maximum atomic E-state index is 12.4. The van der Waals surface area contributed by atoms with Crippen LogP contribution in [0.5, 0.6) is 0 Å². The van der Waals surface area contributed by atoms with Gasteiger partial charge in [-0.15, -0.1) is 11.3 Å². The molecular formula is C19H16N2O3S. The number of amides is 1. The van der Waals surface area contributed by atoms with Crippen LogP contribution in [-0.4, -0.2) is 24.5 Å².